The van der Waals surface area contributed by atoms with Crippen molar-refractivity contribution in [1.82, 2.24) is 15.6 Å². The molecule has 2 amide bonds. The van der Waals surface area contributed by atoms with Gasteiger partial charge in [0.2, 0.25) is 0 Å². The van der Waals surface area contributed by atoms with E-state index in [1.54, 1.807) is 22.7 Å². The molecule has 108 valence electrons. The Bertz CT molecular complexity index is 563. The molecule has 0 bridgehead atoms. The van der Waals surface area contributed by atoms with Gasteiger partial charge in [0, 0.05) is 22.2 Å². The molecular formula is C14H19N3OS2. The fraction of sp³-hybridized carbons (Fsp3) is 0.429. The number of carbonyl (C=O) groups is 1. The van der Waals surface area contributed by atoms with Crippen molar-refractivity contribution in [2.45, 2.75) is 33.2 Å². The molecule has 2 rings (SSSR count). The van der Waals surface area contributed by atoms with Crippen LogP contribution in [0.1, 0.15) is 33.3 Å². The second-order valence-corrected chi connectivity index (χ2v) is 6.99. The average Bonchev–Trinajstić information content (AvgIpc) is 3.03. The number of hydrogen-bond donors (Lipinski definition) is 2. The van der Waals surface area contributed by atoms with Crippen LogP contribution < -0.4 is 10.6 Å². The Morgan fingerprint density at radius 1 is 1.40 bits per heavy atom. The molecule has 0 saturated carbocycles. The number of amides is 2. The number of thiophene rings is 1. The van der Waals surface area contributed by atoms with Crippen molar-refractivity contribution in [2.75, 3.05) is 6.54 Å². The van der Waals surface area contributed by atoms with E-state index in [-0.39, 0.29) is 6.03 Å². The lowest BCUT2D eigenvalue weighted by molar-refractivity contribution is 0.240. The van der Waals surface area contributed by atoms with Gasteiger partial charge in [-0.3, -0.25) is 0 Å². The van der Waals surface area contributed by atoms with Gasteiger partial charge in [0.15, 0.2) is 0 Å². The van der Waals surface area contributed by atoms with E-state index in [2.05, 4.69) is 34.0 Å². The largest absolute Gasteiger partial charge is 0.338 e. The maximum atomic E-state index is 11.8. The van der Waals surface area contributed by atoms with Crippen LogP contribution in [0.2, 0.25) is 0 Å². The molecule has 2 aromatic rings. The van der Waals surface area contributed by atoms with E-state index < -0.39 is 0 Å². The highest BCUT2D eigenvalue weighted by molar-refractivity contribution is 7.11. The number of aryl methyl sites for hydroxylation is 2. The number of urea groups is 1. The fourth-order valence-corrected chi connectivity index (χ4v) is 3.54. The summed E-state index contributed by atoms with van der Waals surface area (Å²) >= 11 is 3.35. The number of carbonyl (C=O) groups excluding carboxylic acids is 1. The van der Waals surface area contributed by atoms with Crippen LogP contribution in [0.15, 0.2) is 17.5 Å². The highest BCUT2D eigenvalue weighted by atomic mass is 32.1. The molecule has 2 heterocycles. The number of nitrogens with zero attached hydrogens (tertiary/aromatic N) is 1. The molecule has 0 saturated heterocycles. The molecule has 2 aromatic heterocycles. The Morgan fingerprint density at radius 3 is 2.80 bits per heavy atom. The first kappa shape index (κ1) is 15.0. The van der Waals surface area contributed by atoms with Crippen LogP contribution >= 0.6 is 22.7 Å². The van der Waals surface area contributed by atoms with Crippen LogP contribution in [-0.4, -0.2) is 17.6 Å². The normalized spacial score (nSPS) is 12.2. The molecule has 0 aliphatic heterocycles. The van der Waals surface area contributed by atoms with Crippen LogP contribution in [0.3, 0.4) is 0 Å². The lowest BCUT2D eigenvalue weighted by atomic mass is 10.1. The molecule has 0 aromatic carbocycles. The molecule has 20 heavy (non-hydrogen) atoms. The minimum atomic E-state index is -0.126. The van der Waals surface area contributed by atoms with Crippen molar-refractivity contribution in [3.63, 3.8) is 0 Å². The summed E-state index contributed by atoms with van der Waals surface area (Å²) in [5.74, 6) is 0.341. The van der Waals surface area contributed by atoms with Gasteiger partial charge in [0.1, 0.15) is 0 Å². The smallest absolute Gasteiger partial charge is 0.315 e. The van der Waals surface area contributed by atoms with Crippen LogP contribution in [0.4, 0.5) is 4.79 Å². The summed E-state index contributed by atoms with van der Waals surface area (Å²) in [6.07, 6.45) is 0. The first-order valence-electron chi connectivity index (χ1n) is 6.54. The molecule has 1 atom stereocenters. The lowest BCUT2D eigenvalue weighted by Gasteiger charge is -2.11. The third-order valence-electron chi connectivity index (χ3n) is 3.01. The lowest BCUT2D eigenvalue weighted by Crippen LogP contribution is -2.36. The zero-order valence-electron chi connectivity index (χ0n) is 11.9. The second kappa shape index (κ2) is 6.85. The third kappa shape index (κ3) is 4.05. The summed E-state index contributed by atoms with van der Waals surface area (Å²) in [6, 6.07) is 4.00. The Labute approximate surface area is 127 Å². The highest BCUT2D eigenvalue weighted by Crippen LogP contribution is 2.19. The summed E-state index contributed by atoms with van der Waals surface area (Å²) in [5, 5.41) is 8.88. The first-order chi connectivity index (χ1) is 9.56. The van der Waals surface area contributed by atoms with Gasteiger partial charge in [-0.15, -0.1) is 22.7 Å². The van der Waals surface area contributed by atoms with Gasteiger partial charge in [-0.25, -0.2) is 9.78 Å². The standard InChI is InChI=1S/C14H19N3OS2/c1-9(12-5-4-6-19-12)7-15-14(18)16-8-13-10(2)17-11(3)20-13/h4-6,9H,7-8H2,1-3H3,(H2,15,16,18)/t9-/m1/s1. The number of nitrogens with one attached hydrogen (secondary N) is 2. The van der Waals surface area contributed by atoms with Crippen LogP contribution in [0, 0.1) is 13.8 Å². The molecule has 0 spiro atoms. The zero-order valence-corrected chi connectivity index (χ0v) is 13.5. The van der Waals surface area contributed by atoms with E-state index in [9.17, 15) is 4.79 Å². The minimum absolute atomic E-state index is 0.126. The van der Waals surface area contributed by atoms with Crippen molar-refractivity contribution >= 4 is 28.7 Å². The van der Waals surface area contributed by atoms with Gasteiger partial charge in [0.25, 0.3) is 0 Å². The summed E-state index contributed by atoms with van der Waals surface area (Å²) in [4.78, 5) is 18.5. The quantitative estimate of drug-likeness (QED) is 0.889. The average molecular weight is 309 g/mol. The summed E-state index contributed by atoms with van der Waals surface area (Å²) in [6.45, 7) is 7.24. The van der Waals surface area contributed by atoms with Gasteiger partial charge in [-0.05, 0) is 25.3 Å². The first-order valence-corrected chi connectivity index (χ1v) is 8.24. The van der Waals surface area contributed by atoms with Gasteiger partial charge < -0.3 is 10.6 Å². The van der Waals surface area contributed by atoms with Gasteiger partial charge >= 0.3 is 6.03 Å². The Morgan fingerprint density at radius 2 is 2.20 bits per heavy atom. The van der Waals surface area contributed by atoms with Crippen molar-refractivity contribution in [3.8, 4) is 0 Å². The Kier molecular flexibility index (Phi) is 5.14. The van der Waals surface area contributed by atoms with E-state index >= 15 is 0 Å². The molecular weight excluding hydrogens is 290 g/mol. The SMILES string of the molecule is Cc1nc(C)c(CNC(=O)NC[C@@H](C)c2cccs2)s1. The zero-order chi connectivity index (χ0) is 14.5. The molecule has 2 N–H and O–H groups in total. The van der Waals surface area contributed by atoms with Crippen molar-refractivity contribution in [1.29, 1.82) is 0 Å². The monoisotopic (exact) mass is 309 g/mol. The number of rotatable bonds is 5. The maximum absolute atomic E-state index is 11.8. The predicted octanol–water partition coefficient (Wildman–Crippen LogP) is 3.42. The van der Waals surface area contributed by atoms with E-state index in [0.717, 1.165) is 15.6 Å². The van der Waals surface area contributed by atoms with Crippen LogP contribution in [0.25, 0.3) is 0 Å². The van der Waals surface area contributed by atoms with Gasteiger partial charge in [-0.2, -0.15) is 0 Å². The Hall–Kier alpha value is -1.40. The molecule has 0 aliphatic carbocycles. The van der Waals surface area contributed by atoms with Crippen LogP contribution in [-0.2, 0) is 6.54 Å². The third-order valence-corrected chi connectivity index (χ3v) is 5.18. The summed E-state index contributed by atoms with van der Waals surface area (Å²) < 4.78 is 0. The van der Waals surface area contributed by atoms with Crippen molar-refractivity contribution in [3.05, 3.63) is 38.0 Å². The molecule has 0 aliphatic rings. The number of aromatic nitrogens is 1. The fourth-order valence-electron chi connectivity index (χ4n) is 1.88. The van der Waals surface area contributed by atoms with Gasteiger partial charge in [-0.1, -0.05) is 13.0 Å². The van der Waals surface area contributed by atoms with E-state index in [1.807, 2.05) is 19.9 Å². The van der Waals surface area contributed by atoms with E-state index in [1.165, 1.54) is 4.88 Å². The van der Waals surface area contributed by atoms with Crippen molar-refractivity contribution in [2.24, 2.45) is 0 Å². The van der Waals surface area contributed by atoms with Crippen LogP contribution in [0.5, 0.6) is 0 Å². The van der Waals surface area contributed by atoms with Crippen molar-refractivity contribution < 1.29 is 4.79 Å². The molecule has 0 fully saturated rings. The number of thiazole rings is 1. The summed E-state index contributed by atoms with van der Waals surface area (Å²) in [7, 11) is 0. The highest BCUT2D eigenvalue weighted by Gasteiger charge is 2.10. The topological polar surface area (TPSA) is 54.0 Å². The molecule has 6 heteroatoms. The predicted molar refractivity (Wildman–Crippen MR) is 84.6 cm³/mol. The van der Waals surface area contributed by atoms with E-state index in [4.69, 9.17) is 0 Å². The molecule has 0 unspecified atom stereocenters. The maximum Gasteiger partial charge on any atom is 0.315 e. The molecule has 4 nitrogen and oxygen atoms in total. The van der Waals surface area contributed by atoms with E-state index in [0.29, 0.717) is 19.0 Å². The Balaban J connectivity index is 1.74. The minimum Gasteiger partial charge on any atom is -0.338 e. The molecule has 0 radical (unpaired) electrons. The number of hydrogen-bond acceptors (Lipinski definition) is 4. The second-order valence-electron chi connectivity index (χ2n) is 4.72. The summed E-state index contributed by atoms with van der Waals surface area (Å²) in [5.41, 5.74) is 1.000. The van der Waals surface area contributed by atoms with Gasteiger partial charge in [0.05, 0.1) is 17.2 Å².